The molecule has 17 heavy (non-hydrogen) atoms. The third kappa shape index (κ3) is 3.36. The average Bonchev–Trinajstić information content (AvgIpc) is 2.39. The number of carboxylic acids is 1. The summed E-state index contributed by atoms with van der Waals surface area (Å²) < 4.78 is 0. The monoisotopic (exact) mass is 258 g/mol. The third-order valence-electron chi connectivity index (χ3n) is 3.97. The summed E-state index contributed by atoms with van der Waals surface area (Å²) in [5.74, 6) is 1.81. The van der Waals surface area contributed by atoms with Crippen molar-refractivity contribution < 1.29 is 9.90 Å². The van der Waals surface area contributed by atoms with Crippen LogP contribution in [0.1, 0.15) is 19.8 Å². The first-order chi connectivity index (χ1) is 8.18. The number of rotatable bonds is 3. The van der Waals surface area contributed by atoms with E-state index < -0.39 is 5.97 Å². The lowest BCUT2D eigenvalue weighted by molar-refractivity contribution is -0.143. The molecule has 2 rings (SSSR count). The van der Waals surface area contributed by atoms with Gasteiger partial charge in [-0.2, -0.15) is 11.8 Å². The van der Waals surface area contributed by atoms with Gasteiger partial charge in [-0.1, -0.05) is 0 Å². The van der Waals surface area contributed by atoms with Crippen molar-refractivity contribution in [3.8, 4) is 0 Å². The highest BCUT2D eigenvalue weighted by Crippen LogP contribution is 2.21. The lowest BCUT2D eigenvalue weighted by Crippen LogP contribution is -2.51. The van der Waals surface area contributed by atoms with Gasteiger partial charge in [0.05, 0.1) is 0 Å². The summed E-state index contributed by atoms with van der Waals surface area (Å²) in [5.41, 5.74) is 0. The molecule has 5 heteroatoms. The van der Waals surface area contributed by atoms with Crippen molar-refractivity contribution in [1.29, 1.82) is 0 Å². The van der Waals surface area contributed by atoms with E-state index in [2.05, 4.69) is 9.80 Å². The summed E-state index contributed by atoms with van der Waals surface area (Å²) in [7, 11) is 0. The maximum atomic E-state index is 10.9. The van der Waals surface area contributed by atoms with E-state index in [9.17, 15) is 4.79 Å². The van der Waals surface area contributed by atoms with Crippen LogP contribution in [0.3, 0.4) is 0 Å². The van der Waals surface area contributed by atoms with Crippen LogP contribution in [0.2, 0.25) is 0 Å². The van der Waals surface area contributed by atoms with Gasteiger partial charge in [0.1, 0.15) is 6.04 Å². The molecule has 0 radical (unpaired) electrons. The molecular formula is C12H22N2O2S. The minimum atomic E-state index is -0.696. The van der Waals surface area contributed by atoms with Gasteiger partial charge in [0, 0.05) is 43.7 Å². The first-order valence-electron chi connectivity index (χ1n) is 6.47. The van der Waals surface area contributed by atoms with E-state index in [0.717, 1.165) is 25.9 Å². The number of carboxylic acid groups (broad SMARTS) is 1. The van der Waals surface area contributed by atoms with Crippen molar-refractivity contribution in [3.05, 3.63) is 0 Å². The molecule has 2 aliphatic heterocycles. The number of nitrogens with zero attached hydrogens (tertiary/aromatic N) is 2. The molecule has 2 saturated heterocycles. The average molecular weight is 258 g/mol. The van der Waals surface area contributed by atoms with E-state index in [0.29, 0.717) is 6.04 Å². The standard InChI is InChI=1S/C12H22N2O2S/c1-10(12(15)16)13-4-2-11(3-5-13)14-6-8-17-9-7-14/h10-11H,2-9H2,1H3,(H,15,16)/t10-/m1/s1. The number of thioether (sulfide) groups is 1. The van der Waals surface area contributed by atoms with Crippen molar-refractivity contribution in [2.45, 2.75) is 31.8 Å². The molecule has 4 nitrogen and oxygen atoms in total. The highest BCUT2D eigenvalue weighted by Gasteiger charge is 2.29. The zero-order chi connectivity index (χ0) is 12.3. The van der Waals surface area contributed by atoms with Crippen LogP contribution >= 0.6 is 11.8 Å². The SMILES string of the molecule is C[C@H](C(=O)O)N1CCC(N2CCSCC2)CC1. The molecule has 0 amide bonds. The predicted octanol–water partition coefficient (Wildman–Crippen LogP) is 0.973. The van der Waals surface area contributed by atoms with Gasteiger partial charge in [-0.15, -0.1) is 0 Å². The Labute approximate surface area is 107 Å². The van der Waals surface area contributed by atoms with E-state index in [4.69, 9.17) is 5.11 Å². The number of hydrogen-bond donors (Lipinski definition) is 1. The van der Waals surface area contributed by atoms with Crippen LogP contribution in [0.4, 0.5) is 0 Å². The van der Waals surface area contributed by atoms with Crippen LogP contribution in [-0.4, -0.2) is 70.6 Å². The highest BCUT2D eigenvalue weighted by atomic mass is 32.2. The Bertz CT molecular complexity index is 261. The third-order valence-corrected chi connectivity index (χ3v) is 4.91. The minimum absolute atomic E-state index is 0.326. The number of piperidine rings is 1. The number of hydrogen-bond acceptors (Lipinski definition) is 4. The Morgan fingerprint density at radius 2 is 1.82 bits per heavy atom. The molecule has 0 unspecified atom stereocenters. The molecule has 2 heterocycles. The normalized spacial score (nSPS) is 26.9. The van der Waals surface area contributed by atoms with Crippen LogP contribution in [0.5, 0.6) is 0 Å². The predicted molar refractivity (Wildman–Crippen MR) is 70.6 cm³/mol. The molecule has 1 N–H and O–H groups in total. The van der Waals surface area contributed by atoms with Gasteiger partial charge in [-0.25, -0.2) is 0 Å². The fourth-order valence-corrected chi connectivity index (χ4v) is 3.67. The summed E-state index contributed by atoms with van der Waals surface area (Å²) in [5, 5.41) is 8.99. The molecule has 0 aliphatic carbocycles. The van der Waals surface area contributed by atoms with Crippen molar-refractivity contribution >= 4 is 17.7 Å². The molecule has 0 spiro atoms. The van der Waals surface area contributed by atoms with Gasteiger partial charge in [-0.05, 0) is 19.8 Å². The van der Waals surface area contributed by atoms with E-state index in [1.54, 1.807) is 6.92 Å². The van der Waals surface area contributed by atoms with Gasteiger partial charge < -0.3 is 5.11 Å². The molecular weight excluding hydrogens is 236 g/mol. The summed E-state index contributed by atoms with van der Waals surface area (Å²) in [6.45, 7) is 6.08. The Hall–Kier alpha value is -0.260. The second-order valence-corrected chi connectivity index (χ2v) is 6.15. The Morgan fingerprint density at radius 1 is 1.24 bits per heavy atom. The maximum absolute atomic E-state index is 10.9. The lowest BCUT2D eigenvalue weighted by Gasteiger charge is -2.41. The Kier molecular flexibility index (Phi) is 4.70. The second kappa shape index (κ2) is 6.07. The maximum Gasteiger partial charge on any atom is 0.320 e. The van der Waals surface area contributed by atoms with E-state index in [1.807, 2.05) is 11.8 Å². The van der Waals surface area contributed by atoms with Crippen molar-refractivity contribution in [3.63, 3.8) is 0 Å². The molecule has 2 fully saturated rings. The highest BCUT2D eigenvalue weighted by molar-refractivity contribution is 7.99. The van der Waals surface area contributed by atoms with Crippen LogP contribution in [-0.2, 0) is 4.79 Å². The van der Waals surface area contributed by atoms with E-state index in [-0.39, 0.29) is 6.04 Å². The number of carbonyl (C=O) groups is 1. The van der Waals surface area contributed by atoms with Gasteiger partial charge >= 0.3 is 5.97 Å². The molecule has 0 saturated carbocycles. The van der Waals surface area contributed by atoms with Gasteiger partial charge in [0.15, 0.2) is 0 Å². The van der Waals surface area contributed by atoms with Crippen LogP contribution in [0, 0.1) is 0 Å². The number of likely N-dealkylation sites (tertiary alicyclic amines) is 1. The molecule has 0 aromatic carbocycles. The fourth-order valence-electron chi connectivity index (χ4n) is 2.74. The summed E-state index contributed by atoms with van der Waals surface area (Å²) in [6.07, 6.45) is 2.25. The molecule has 0 aromatic heterocycles. The largest absolute Gasteiger partial charge is 0.480 e. The molecule has 0 bridgehead atoms. The minimum Gasteiger partial charge on any atom is -0.480 e. The van der Waals surface area contributed by atoms with Crippen molar-refractivity contribution in [1.82, 2.24) is 9.80 Å². The van der Waals surface area contributed by atoms with Gasteiger partial charge in [0.25, 0.3) is 0 Å². The zero-order valence-corrected chi connectivity index (χ0v) is 11.3. The fraction of sp³-hybridized carbons (Fsp3) is 0.917. The molecule has 98 valence electrons. The van der Waals surface area contributed by atoms with Crippen LogP contribution in [0.15, 0.2) is 0 Å². The molecule has 2 aliphatic rings. The Morgan fingerprint density at radius 3 is 2.35 bits per heavy atom. The van der Waals surface area contributed by atoms with Crippen LogP contribution < -0.4 is 0 Å². The summed E-state index contributed by atoms with van der Waals surface area (Å²) >= 11 is 2.04. The quantitative estimate of drug-likeness (QED) is 0.817. The van der Waals surface area contributed by atoms with Crippen molar-refractivity contribution in [2.24, 2.45) is 0 Å². The van der Waals surface area contributed by atoms with Crippen LogP contribution in [0.25, 0.3) is 0 Å². The van der Waals surface area contributed by atoms with E-state index in [1.165, 1.54) is 24.6 Å². The van der Waals surface area contributed by atoms with Gasteiger partial charge in [-0.3, -0.25) is 14.6 Å². The number of aliphatic carboxylic acids is 1. The Balaban J connectivity index is 1.79. The summed E-state index contributed by atoms with van der Waals surface area (Å²) in [6, 6.07) is 0.362. The molecule has 0 aromatic rings. The second-order valence-electron chi connectivity index (χ2n) is 4.93. The summed E-state index contributed by atoms with van der Waals surface area (Å²) in [4.78, 5) is 15.6. The van der Waals surface area contributed by atoms with Gasteiger partial charge in [0.2, 0.25) is 0 Å². The first kappa shape index (κ1) is 13.2. The first-order valence-corrected chi connectivity index (χ1v) is 7.62. The topological polar surface area (TPSA) is 43.8 Å². The molecule has 1 atom stereocenters. The zero-order valence-electron chi connectivity index (χ0n) is 10.5. The smallest absolute Gasteiger partial charge is 0.320 e. The van der Waals surface area contributed by atoms with E-state index >= 15 is 0 Å². The lowest BCUT2D eigenvalue weighted by atomic mass is 10.0. The van der Waals surface area contributed by atoms with Crippen molar-refractivity contribution in [2.75, 3.05) is 37.7 Å².